The quantitative estimate of drug-likeness (QED) is 0.608. The number of rotatable bonds is 4. The molecule has 4 nitrogen and oxygen atoms in total. The van der Waals surface area contributed by atoms with Crippen LogP contribution in [0.25, 0.3) is 5.76 Å². The summed E-state index contributed by atoms with van der Waals surface area (Å²) in [6, 6.07) is 18.1. The van der Waals surface area contributed by atoms with E-state index in [9.17, 15) is 8.42 Å². The number of ether oxygens (including phenoxy) is 1. The van der Waals surface area contributed by atoms with Crippen molar-refractivity contribution in [3.05, 3.63) is 87.8 Å². The van der Waals surface area contributed by atoms with Crippen molar-refractivity contribution in [3.8, 4) is 5.75 Å². The fourth-order valence-corrected chi connectivity index (χ4v) is 4.77. The molecule has 6 heteroatoms. The Bertz CT molecular complexity index is 1080. The Labute approximate surface area is 156 Å². The predicted octanol–water partition coefficient (Wildman–Crippen LogP) is 4.77. The van der Waals surface area contributed by atoms with Crippen molar-refractivity contribution in [2.45, 2.75) is 18.2 Å². The highest BCUT2D eigenvalue weighted by Crippen LogP contribution is 2.37. The molecular formula is C20H16O4S2. The molecule has 0 amide bonds. The minimum atomic E-state index is -3.95. The number of hydrogen-bond acceptors (Lipinski definition) is 5. The van der Waals surface area contributed by atoms with Crippen LogP contribution in [-0.2, 0) is 20.7 Å². The van der Waals surface area contributed by atoms with Gasteiger partial charge < -0.3 is 8.92 Å². The van der Waals surface area contributed by atoms with Gasteiger partial charge in [0.25, 0.3) is 0 Å². The van der Waals surface area contributed by atoms with Gasteiger partial charge in [-0.1, -0.05) is 42.5 Å². The van der Waals surface area contributed by atoms with Gasteiger partial charge in [0.2, 0.25) is 0 Å². The summed E-state index contributed by atoms with van der Waals surface area (Å²) in [6.07, 6.45) is 0.356. The molecule has 132 valence electrons. The molecule has 26 heavy (non-hydrogen) atoms. The highest BCUT2D eigenvalue weighted by molar-refractivity contribution is 7.87. The summed E-state index contributed by atoms with van der Waals surface area (Å²) in [4.78, 5) is 0.992. The van der Waals surface area contributed by atoms with Crippen LogP contribution in [0.3, 0.4) is 0 Å². The summed E-state index contributed by atoms with van der Waals surface area (Å²) in [6.45, 7) is 1.75. The second-order valence-corrected chi connectivity index (χ2v) is 8.38. The zero-order valence-corrected chi connectivity index (χ0v) is 15.6. The van der Waals surface area contributed by atoms with Gasteiger partial charge >= 0.3 is 10.1 Å². The average molecular weight is 384 g/mol. The van der Waals surface area contributed by atoms with Gasteiger partial charge in [-0.05, 0) is 36.1 Å². The first-order chi connectivity index (χ1) is 12.5. The van der Waals surface area contributed by atoms with Crippen LogP contribution in [0.5, 0.6) is 5.75 Å². The summed E-state index contributed by atoms with van der Waals surface area (Å²) in [5.41, 5.74) is 1.53. The lowest BCUT2D eigenvalue weighted by molar-refractivity contribution is 0.366. The predicted molar refractivity (Wildman–Crippen MR) is 101 cm³/mol. The molecule has 0 unspecified atom stereocenters. The molecule has 2 aromatic carbocycles. The Morgan fingerprint density at radius 1 is 1.00 bits per heavy atom. The van der Waals surface area contributed by atoms with Crippen molar-refractivity contribution < 1.29 is 17.3 Å². The molecule has 1 aliphatic rings. The SMILES string of the molecule is Cc1ccccc1S(=O)(=O)OC1=C(c2cccs2)Oc2ccccc2C1. The third-order valence-electron chi connectivity index (χ3n) is 4.11. The Morgan fingerprint density at radius 2 is 1.77 bits per heavy atom. The van der Waals surface area contributed by atoms with Gasteiger partial charge in [0.05, 0.1) is 4.88 Å². The molecular weight excluding hydrogens is 368 g/mol. The monoisotopic (exact) mass is 384 g/mol. The van der Waals surface area contributed by atoms with Crippen molar-refractivity contribution in [1.29, 1.82) is 0 Å². The topological polar surface area (TPSA) is 52.6 Å². The van der Waals surface area contributed by atoms with Crippen molar-refractivity contribution >= 4 is 27.2 Å². The number of hydrogen-bond donors (Lipinski definition) is 0. The normalized spacial score (nSPS) is 13.9. The minimum absolute atomic E-state index is 0.164. The van der Waals surface area contributed by atoms with E-state index in [1.807, 2.05) is 41.8 Å². The molecule has 0 bridgehead atoms. The molecule has 1 aliphatic heterocycles. The van der Waals surface area contributed by atoms with E-state index in [2.05, 4.69) is 0 Å². The summed E-state index contributed by atoms with van der Waals surface area (Å²) >= 11 is 1.48. The van der Waals surface area contributed by atoms with E-state index in [-0.39, 0.29) is 4.90 Å². The summed E-state index contributed by atoms with van der Waals surface area (Å²) in [7, 11) is -3.95. The van der Waals surface area contributed by atoms with Gasteiger partial charge in [-0.15, -0.1) is 11.3 Å². The second kappa shape index (κ2) is 6.63. The summed E-state index contributed by atoms with van der Waals surface area (Å²) in [5.74, 6) is 1.47. The van der Waals surface area contributed by atoms with Crippen LogP contribution >= 0.6 is 11.3 Å². The third-order valence-corrected chi connectivity index (χ3v) is 6.39. The average Bonchev–Trinajstić information content (AvgIpc) is 3.15. The summed E-state index contributed by atoms with van der Waals surface area (Å²) < 4.78 is 37.3. The van der Waals surface area contributed by atoms with Crippen molar-refractivity contribution in [2.24, 2.45) is 0 Å². The van der Waals surface area contributed by atoms with Crippen LogP contribution in [0, 0.1) is 6.92 Å². The Balaban J connectivity index is 1.78. The van der Waals surface area contributed by atoms with E-state index >= 15 is 0 Å². The van der Waals surface area contributed by atoms with Crippen LogP contribution in [0.1, 0.15) is 16.0 Å². The lowest BCUT2D eigenvalue weighted by Gasteiger charge is -2.22. The van der Waals surface area contributed by atoms with Crippen molar-refractivity contribution in [2.75, 3.05) is 0 Å². The van der Waals surface area contributed by atoms with E-state index in [1.165, 1.54) is 11.3 Å². The molecule has 0 saturated heterocycles. The van der Waals surface area contributed by atoms with E-state index in [4.69, 9.17) is 8.92 Å². The van der Waals surface area contributed by atoms with Gasteiger partial charge in [0.15, 0.2) is 11.5 Å². The number of allylic oxidation sites excluding steroid dienone is 1. The van der Waals surface area contributed by atoms with Crippen LogP contribution in [0.2, 0.25) is 0 Å². The smallest absolute Gasteiger partial charge is 0.339 e. The van der Waals surface area contributed by atoms with Crippen LogP contribution in [0.4, 0.5) is 0 Å². The van der Waals surface area contributed by atoms with Crippen LogP contribution in [-0.4, -0.2) is 8.42 Å². The molecule has 0 aliphatic carbocycles. The zero-order valence-electron chi connectivity index (χ0n) is 14.0. The van der Waals surface area contributed by atoms with E-state index in [0.717, 1.165) is 16.2 Å². The van der Waals surface area contributed by atoms with Gasteiger partial charge in [-0.3, -0.25) is 0 Å². The first-order valence-corrected chi connectivity index (χ1v) is 10.4. The van der Waals surface area contributed by atoms with E-state index in [0.29, 0.717) is 23.5 Å². The largest absolute Gasteiger partial charge is 0.452 e. The first kappa shape index (κ1) is 16.9. The van der Waals surface area contributed by atoms with E-state index in [1.54, 1.807) is 31.2 Å². The third kappa shape index (κ3) is 3.13. The number of benzene rings is 2. The molecule has 4 rings (SSSR count). The maximum atomic E-state index is 12.8. The lowest BCUT2D eigenvalue weighted by atomic mass is 10.1. The maximum absolute atomic E-state index is 12.8. The van der Waals surface area contributed by atoms with Crippen LogP contribution in [0.15, 0.2) is 76.7 Å². The number of thiophene rings is 1. The molecule has 0 spiro atoms. The fraction of sp³-hybridized carbons (Fsp3) is 0.100. The van der Waals surface area contributed by atoms with Crippen LogP contribution < -0.4 is 4.74 Å². The number of fused-ring (bicyclic) bond motifs is 1. The Kier molecular flexibility index (Phi) is 4.30. The van der Waals surface area contributed by atoms with Gasteiger partial charge in [0.1, 0.15) is 10.6 Å². The molecule has 1 aromatic heterocycles. The fourth-order valence-electron chi connectivity index (χ4n) is 2.85. The van der Waals surface area contributed by atoms with Gasteiger partial charge in [0, 0.05) is 12.0 Å². The maximum Gasteiger partial charge on any atom is 0.339 e. The standard InChI is InChI=1S/C20H16O4S2/c1-14-7-2-5-11-19(14)26(21,22)24-17-13-15-8-3-4-9-16(15)23-20(17)18-10-6-12-25-18/h2-12H,13H2,1H3. The van der Waals surface area contributed by atoms with Crippen molar-refractivity contribution in [3.63, 3.8) is 0 Å². The molecule has 0 N–H and O–H groups in total. The number of para-hydroxylation sites is 1. The molecule has 0 saturated carbocycles. The highest BCUT2D eigenvalue weighted by atomic mass is 32.2. The van der Waals surface area contributed by atoms with Gasteiger partial charge in [-0.2, -0.15) is 8.42 Å². The summed E-state index contributed by atoms with van der Waals surface area (Å²) in [5, 5.41) is 1.92. The van der Waals surface area contributed by atoms with Gasteiger partial charge in [-0.25, -0.2) is 0 Å². The van der Waals surface area contributed by atoms with E-state index < -0.39 is 10.1 Å². The zero-order chi connectivity index (χ0) is 18.1. The first-order valence-electron chi connectivity index (χ1n) is 8.07. The Hall–Kier alpha value is -2.57. The highest BCUT2D eigenvalue weighted by Gasteiger charge is 2.28. The lowest BCUT2D eigenvalue weighted by Crippen LogP contribution is -2.16. The van der Waals surface area contributed by atoms with Crippen molar-refractivity contribution in [1.82, 2.24) is 0 Å². The number of aryl methyl sites for hydroxylation is 1. The minimum Gasteiger partial charge on any atom is -0.452 e. The molecule has 3 aromatic rings. The molecule has 2 heterocycles. The Morgan fingerprint density at radius 3 is 2.54 bits per heavy atom. The molecule has 0 fully saturated rings. The molecule has 0 radical (unpaired) electrons. The molecule has 0 atom stereocenters. The second-order valence-electron chi connectivity index (χ2n) is 5.92.